The fraction of sp³-hybridized carbons (Fsp3) is 0.500. The SMILES string of the molecule is COc1ccccc1[C@@H](C)NC(=O)CN1C(=O)N[C@](C)(C2CC2)C1=O. The number of hydrogen-bond acceptors (Lipinski definition) is 4. The standard InChI is InChI=1S/C18H23N3O4/c1-11(13-6-4-5-7-14(13)25-3)19-15(22)10-21-16(23)18(2,12-8-9-12)20-17(21)24/h4-7,11-12H,8-10H2,1-3H3,(H,19,22)(H,20,24)/t11-,18-/m1/s1. The summed E-state index contributed by atoms with van der Waals surface area (Å²) in [6, 6.07) is 6.58. The van der Waals surface area contributed by atoms with Gasteiger partial charge in [-0.15, -0.1) is 0 Å². The van der Waals surface area contributed by atoms with Crippen LogP contribution in [0.5, 0.6) is 5.75 Å². The first kappa shape index (κ1) is 17.3. The molecule has 0 aromatic heterocycles. The number of hydrogen-bond donors (Lipinski definition) is 2. The van der Waals surface area contributed by atoms with Crippen LogP contribution < -0.4 is 15.4 Å². The van der Waals surface area contributed by atoms with Crippen molar-refractivity contribution in [3.05, 3.63) is 29.8 Å². The van der Waals surface area contributed by atoms with Crippen LogP contribution in [0.4, 0.5) is 4.79 Å². The van der Waals surface area contributed by atoms with E-state index >= 15 is 0 Å². The predicted molar refractivity (Wildman–Crippen MR) is 90.9 cm³/mol. The van der Waals surface area contributed by atoms with Gasteiger partial charge in [0.2, 0.25) is 5.91 Å². The molecule has 1 saturated carbocycles. The van der Waals surface area contributed by atoms with E-state index in [9.17, 15) is 14.4 Å². The summed E-state index contributed by atoms with van der Waals surface area (Å²) < 4.78 is 5.30. The van der Waals surface area contributed by atoms with Crippen molar-refractivity contribution in [2.75, 3.05) is 13.7 Å². The van der Waals surface area contributed by atoms with Crippen LogP contribution in [0.3, 0.4) is 0 Å². The summed E-state index contributed by atoms with van der Waals surface area (Å²) >= 11 is 0. The third kappa shape index (κ3) is 3.18. The van der Waals surface area contributed by atoms with Crippen LogP contribution in [0.1, 0.15) is 38.3 Å². The summed E-state index contributed by atoms with van der Waals surface area (Å²) in [6.07, 6.45) is 1.85. The minimum Gasteiger partial charge on any atom is -0.496 e. The quantitative estimate of drug-likeness (QED) is 0.767. The fourth-order valence-corrected chi connectivity index (χ4v) is 3.33. The Bertz CT molecular complexity index is 716. The van der Waals surface area contributed by atoms with E-state index in [0.29, 0.717) is 5.75 Å². The molecule has 7 heteroatoms. The Balaban J connectivity index is 1.64. The smallest absolute Gasteiger partial charge is 0.325 e. The van der Waals surface area contributed by atoms with E-state index in [0.717, 1.165) is 23.3 Å². The zero-order chi connectivity index (χ0) is 18.2. The van der Waals surface area contributed by atoms with Crippen molar-refractivity contribution in [2.45, 2.75) is 38.3 Å². The second-order valence-corrected chi connectivity index (χ2v) is 6.83. The maximum atomic E-state index is 12.6. The molecule has 0 radical (unpaired) electrons. The van der Waals surface area contributed by atoms with Crippen LogP contribution in [0.25, 0.3) is 0 Å². The lowest BCUT2D eigenvalue weighted by atomic mass is 9.96. The number of nitrogens with zero attached hydrogens (tertiary/aromatic N) is 1. The van der Waals surface area contributed by atoms with Crippen molar-refractivity contribution in [2.24, 2.45) is 5.92 Å². The molecule has 4 amide bonds. The number of ether oxygens (including phenoxy) is 1. The monoisotopic (exact) mass is 345 g/mol. The van der Waals surface area contributed by atoms with E-state index in [2.05, 4.69) is 10.6 Å². The van der Waals surface area contributed by atoms with Crippen LogP contribution in [-0.4, -0.2) is 41.9 Å². The van der Waals surface area contributed by atoms with Gasteiger partial charge in [0.1, 0.15) is 17.8 Å². The highest BCUT2D eigenvalue weighted by molar-refractivity contribution is 6.09. The van der Waals surface area contributed by atoms with Gasteiger partial charge in [0, 0.05) is 5.56 Å². The Kier molecular flexibility index (Phi) is 4.41. The maximum Gasteiger partial charge on any atom is 0.325 e. The van der Waals surface area contributed by atoms with Gasteiger partial charge < -0.3 is 15.4 Å². The molecule has 1 aliphatic heterocycles. The lowest BCUT2D eigenvalue weighted by Gasteiger charge is -2.21. The highest BCUT2D eigenvalue weighted by Gasteiger charge is 2.56. The number of nitrogens with one attached hydrogen (secondary N) is 2. The average Bonchev–Trinajstić information content (AvgIpc) is 3.41. The maximum absolute atomic E-state index is 12.6. The molecule has 0 unspecified atom stereocenters. The predicted octanol–water partition coefficient (Wildman–Crippen LogP) is 1.59. The number of methoxy groups -OCH3 is 1. The molecule has 0 spiro atoms. The summed E-state index contributed by atoms with van der Waals surface area (Å²) in [6.45, 7) is 3.28. The molecule has 7 nitrogen and oxygen atoms in total. The van der Waals surface area contributed by atoms with E-state index in [1.54, 1.807) is 14.0 Å². The third-order valence-electron chi connectivity index (χ3n) is 4.98. The molecule has 2 fully saturated rings. The summed E-state index contributed by atoms with van der Waals surface area (Å²) in [5.74, 6) is 0.137. The topological polar surface area (TPSA) is 87.7 Å². The van der Waals surface area contributed by atoms with Gasteiger partial charge in [0.05, 0.1) is 13.2 Å². The first-order chi connectivity index (χ1) is 11.9. The zero-order valence-electron chi connectivity index (χ0n) is 14.7. The van der Waals surface area contributed by atoms with E-state index in [1.807, 2.05) is 31.2 Å². The number of amides is 4. The van der Waals surface area contributed by atoms with E-state index in [-0.39, 0.29) is 30.3 Å². The van der Waals surface area contributed by atoms with Crippen molar-refractivity contribution in [3.63, 3.8) is 0 Å². The molecule has 2 atom stereocenters. The minimum absolute atomic E-state index is 0.171. The number of imide groups is 1. The first-order valence-electron chi connectivity index (χ1n) is 8.43. The van der Waals surface area contributed by atoms with Crippen LogP contribution >= 0.6 is 0 Å². The van der Waals surface area contributed by atoms with Crippen molar-refractivity contribution in [3.8, 4) is 5.75 Å². The second kappa shape index (κ2) is 6.38. The Morgan fingerprint density at radius 3 is 2.72 bits per heavy atom. The molecule has 3 rings (SSSR count). The Morgan fingerprint density at radius 1 is 1.40 bits per heavy atom. The number of para-hydroxylation sites is 1. The number of rotatable bonds is 6. The van der Waals surface area contributed by atoms with E-state index in [1.165, 1.54) is 0 Å². The van der Waals surface area contributed by atoms with Crippen LogP contribution in [0, 0.1) is 5.92 Å². The Labute approximate surface area is 146 Å². The number of carbonyl (C=O) groups is 3. The van der Waals surface area contributed by atoms with Crippen LogP contribution in [0.2, 0.25) is 0 Å². The van der Waals surface area contributed by atoms with Gasteiger partial charge in [0.15, 0.2) is 0 Å². The summed E-state index contributed by atoms with van der Waals surface area (Å²) in [5.41, 5.74) is -0.0376. The van der Waals surface area contributed by atoms with Crippen molar-refractivity contribution in [1.82, 2.24) is 15.5 Å². The molecular weight excluding hydrogens is 322 g/mol. The molecule has 1 aliphatic carbocycles. The summed E-state index contributed by atoms with van der Waals surface area (Å²) in [5, 5.41) is 5.56. The van der Waals surface area contributed by atoms with E-state index < -0.39 is 11.6 Å². The highest BCUT2D eigenvalue weighted by Crippen LogP contribution is 2.42. The van der Waals surface area contributed by atoms with Gasteiger partial charge in [-0.1, -0.05) is 18.2 Å². The molecule has 1 aromatic rings. The first-order valence-corrected chi connectivity index (χ1v) is 8.43. The van der Waals surface area contributed by atoms with Crippen LogP contribution in [0.15, 0.2) is 24.3 Å². The van der Waals surface area contributed by atoms with Crippen LogP contribution in [-0.2, 0) is 9.59 Å². The van der Waals surface area contributed by atoms with Gasteiger partial charge in [-0.3, -0.25) is 14.5 Å². The molecule has 134 valence electrons. The lowest BCUT2D eigenvalue weighted by Crippen LogP contribution is -2.47. The zero-order valence-corrected chi connectivity index (χ0v) is 14.7. The normalized spacial score (nSPS) is 24.0. The average molecular weight is 345 g/mol. The number of benzene rings is 1. The molecule has 1 heterocycles. The molecule has 25 heavy (non-hydrogen) atoms. The largest absolute Gasteiger partial charge is 0.496 e. The highest BCUT2D eigenvalue weighted by atomic mass is 16.5. The Hall–Kier alpha value is -2.57. The van der Waals surface area contributed by atoms with Gasteiger partial charge in [0.25, 0.3) is 5.91 Å². The Morgan fingerprint density at radius 2 is 2.08 bits per heavy atom. The van der Waals surface area contributed by atoms with Crippen molar-refractivity contribution < 1.29 is 19.1 Å². The summed E-state index contributed by atoms with van der Waals surface area (Å²) in [7, 11) is 1.57. The molecule has 1 aromatic carbocycles. The molecular formula is C18H23N3O4. The lowest BCUT2D eigenvalue weighted by molar-refractivity contribution is -0.135. The molecule has 1 saturated heterocycles. The van der Waals surface area contributed by atoms with Gasteiger partial charge >= 0.3 is 6.03 Å². The molecule has 2 N–H and O–H groups in total. The minimum atomic E-state index is -0.869. The fourth-order valence-electron chi connectivity index (χ4n) is 3.33. The molecule has 0 bridgehead atoms. The van der Waals surface area contributed by atoms with Gasteiger partial charge in [-0.2, -0.15) is 0 Å². The van der Waals surface area contributed by atoms with Gasteiger partial charge in [-0.05, 0) is 38.7 Å². The number of carbonyl (C=O) groups excluding carboxylic acids is 3. The summed E-state index contributed by atoms with van der Waals surface area (Å²) in [4.78, 5) is 38.0. The molecule has 2 aliphatic rings. The third-order valence-corrected chi connectivity index (χ3v) is 4.98. The second-order valence-electron chi connectivity index (χ2n) is 6.83. The number of urea groups is 1. The van der Waals surface area contributed by atoms with Crippen molar-refractivity contribution in [1.29, 1.82) is 0 Å². The van der Waals surface area contributed by atoms with Crippen molar-refractivity contribution >= 4 is 17.8 Å². The van der Waals surface area contributed by atoms with Gasteiger partial charge in [-0.25, -0.2) is 4.79 Å². The van der Waals surface area contributed by atoms with E-state index in [4.69, 9.17) is 4.74 Å².